The van der Waals surface area contributed by atoms with Crippen LogP contribution in [0.4, 0.5) is 10.1 Å². The van der Waals surface area contributed by atoms with E-state index in [9.17, 15) is 9.18 Å². The fraction of sp³-hybridized carbons (Fsp3) is 0.381. The Kier molecular flexibility index (Phi) is 5.91. The van der Waals surface area contributed by atoms with Gasteiger partial charge in [-0.1, -0.05) is 39.0 Å². The highest BCUT2D eigenvalue weighted by atomic mass is 28.4. The maximum Gasteiger partial charge on any atom is 0.261 e. The molecule has 0 aliphatic heterocycles. The van der Waals surface area contributed by atoms with Gasteiger partial charge < -0.3 is 9.33 Å². The van der Waals surface area contributed by atoms with E-state index in [1.165, 1.54) is 12.1 Å². The summed E-state index contributed by atoms with van der Waals surface area (Å²) in [4.78, 5) is 14.4. The molecular weight excluding hydrogens is 345 g/mol. The molecule has 0 N–H and O–H groups in total. The fourth-order valence-electron chi connectivity index (χ4n) is 2.39. The molecule has 1 amide bonds. The second kappa shape index (κ2) is 7.62. The summed E-state index contributed by atoms with van der Waals surface area (Å²) < 4.78 is 20.4. The molecular formula is C21H28FNO2Si. The zero-order chi connectivity index (χ0) is 19.5. The van der Waals surface area contributed by atoms with Crippen LogP contribution in [-0.4, -0.2) is 20.8 Å². The first-order chi connectivity index (χ1) is 12.1. The summed E-state index contributed by atoms with van der Waals surface area (Å²) in [6.45, 7) is 13.2. The van der Waals surface area contributed by atoms with Crippen molar-refractivity contribution < 1.29 is 13.6 Å². The number of hydrogen-bond acceptors (Lipinski definition) is 2. The monoisotopic (exact) mass is 373 g/mol. The summed E-state index contributed by atoms with van der Waals surface area (Å²) >= 11 is 0. The van der Waals surface area contributed by atoms with Gasteiger partial charge in [-0.25, -0.2) is 4.39 Å². The van der Waals surface area contributed by atoms with Crippen molar-refractivity contribution in [3.8, 4) is 5.75 Å². The minimum absolute atomic E-state index is 0.0741. The van der Waals surface area contributed by atoms with E-state index in [0.29, 0.717) is 12.2 Å². The van der Waals surface area contributed by atoms with Crippen molar-refractivity contribution >= 4 is 19.9 Å². The van der Waals surface area contributed by atoms with Gasteiger partial charge >= 0.3 is 0 Å². The predicted octanol–water partition coefficient (Wildman–Crippen LogP) is 5.88. The minimum atomic E-state index is -1.98. The minimum Gasteiger partial charge on any atom is -0.543 e. The molecule has 0 atom stereocenters. The molecule has 0 aliphatic rings. The number of hydrogen-bond donors (Lipinski definition) is 0. The topological polar surface area (TPSA) is 29.5 Å². The van der Waals surface area contributed by atoms with Crippen molar-refractivity contribution in [3.63, 3.8) is 0 Å². The van der Waals surface area contributed by atoms with Crippen LogP contribution in [0.5, 0.6) is 5.75 Å². The van der Waals surface area contributed by atoms with E-state index in [1.54, 1.807) is 17.0 Å². The molecule has 140 valence electrons. The van der Waals surface area contributed by atoms with Gasteiger partial charge in [-0.3, -0.25) is 4.79 Å². The number of anilines is 1. The lowest BCUT2D eigenvalue weighted by Gasteiger charge is -2.36. The molecule has 3 nitrogen and oxygen atoms in total. The quantitative estimate of drug-likeness (QED) is 0.613. The van der Waals surface area contributed by atoms with Crippen LogP contribution in [0.1, 0.15) is 38.1 Å². The Morgan fingerprint density at radius 3 is 2.35 bits per heavy atom. The SMILES string of the molecule is CCN(C(=O)c1ccccc1F)c1cccc(O[Si](C)(C)C(C)(C)C)c1. The lowest BCUT2D eigenvalue weighted by atomic mass is 10.1. The van der Waals surface area contributed by atoms with Gasteiger partial charge in [0.1, 0.15) is 11.6 Å². The molecule has 0 fully saturated rings. The Hall–Kier alpha value is -2.14. The molecule has 0 aromatic heterocycles. The van der Waals surface area contributed by atoms with Crippen LogP contribution < -0.4 is 9.33 Å². The second-order valence-electron chi connectivity index (χ2n) is 7.89. The average molecular weight is 374 g/mol. The fourth-order valence-corrected chi connectivity index (χ4v) is 3.41. The first-order valence-corrected chi connectivity index (χ1v) is 11.8. The van der Waals surface area contributed by atoms with Crippen molar-refractivity contribution in [1.29, 1.82) is 0 Å². The molecule has 0 unspecified atom stereocenters. The normalized spacial score (nSPS) is 12.0. The van der Waals surface area contributed by atoms with Crippen molar-refractivity contribution in [1.82, 2.24) is 0 Å². The van der Waals surface area contributed by atoms with E-state index in [4.69, 9.17) is 4.43 Å². The molecule has 0 radical (unpaired) electrons. The Morgan fingerprint density at radius 1 is 1.12 bits per heavy atom. The van der Waals surface area contributed by atoms with Gasteiger partial charge in [-0.2, -0.15) is 0 Å². The second-order valence-corrected chi connectivity index (χ2v) is 12.6. The molecule has 0 spiro atoms. The summed E-state index contributed by atoms with van der Waals surface area (Å²) in [6, 6.07) is 13.6. The maximum absolute atomic E-state index is 14.0. The molecule has 0 heterocycles. The first-order valence-electron chi connectivity index (χ1n) is 8.92. The van der Waals surface area contributed by atoms with Gasteiger partial charge in [0.15, 0.2) is 0 Å². The van der Waals surface area contributed by atoms with Gasteiger partial charge in [-0.05, 0) is 49.3 Å². The average Bonchev–Trinajstić information content (AvgIpc) is 2.54. The standard InChI is InChI=1S/C21H28FNO2Si/c1-7-23(20(24)18-13-8-9-14-19(18)22)16-11-10-12-17(15-16)25-26(5,6)21(2,3)4/h8-15H,7H2,1-6H3. The lowest BCUT2D eigenvalue weighted by Crippen LogP contribution is -2.43. The smallest absolute Gasteiger partial charge is 0.261 e. The number of halogens is 1. The highest BCUT2D eigenvalue weighted by Gasteiger charge is 2.39. The third-order valence-electron chi connectivity index (χ3n) is 4.97. The summed E-state index contributed by atoms with van der Waals surface area (Å²) in [5.74, 6) is -0.117. The van der Waals surface area contributed by atoms with Gasteiger partial charge in [-0.15, -0.1) is 0 Å². The van der Waals surface area contributed by atoms with E-state index in [1.807, 2.05) is 31.2 Å². The first kappa shape index (κ1) is 20.2. The van der Waals surface area contributed by atoms with Crippen LogP contribution in [0.2, 0.25) is 18.1 Å². The van der Waals surface area contributed by atoms with Gasteiger partial charge in [0.05, 0.1) is 5.56 Å². The van der Waals surface area contributed by atoms with E-state index < -0.39 is 14.1 Å². The van der Waals surface area contributed by atoms with Gasteiger partial charge in [0.2, 0.25) is 8.32 Å². The van der Waals surface area contributed by atoms with Crippen LogP contribution in [0.3, 0.4) is 0 Å². The lowest BCUT2D eigenvalue weighted by molar-refractivity contribution is 0.0984. The highest BCUT2D eigenvalue weighted by molar-refractivity contribution is 6.74. The summed E-state index contributed by atoms with van der Waals surface area (Å²) in [5, 5.41) is 0.0798. The van der Waals surface area contributed by atoms with E-state index in [-0.39, 0.29) is 16.5 Å². The Bertz CT molecular complexity index is 784. The zero-order valence-corrected chi connectivity index (χ0v) is 17.5. The van der Waals surface area contributed by atoms with Crippen LogP contribution in [0.15, 0.2) is 48.5 Å². The number of nitrogens with zero attached hydrogens (tertiary/aromatic N) is 1. The Balaban J connectivity index is 2.33. The van der Waals surface area contributed by atoms with Crippen molar-refractivity contribution in [2.45, 2.75) is 45.8 Å². The van der Waals surface area contributed by atoms with Crippen LogP contribution >= 0.6 is 0 Å². The molecule has 0 bridgehead atoms. The van der Waals surface area contributed by atoms with E-state index in [0.717, 1.165) is 5.75 Å². The number of benzene rings is 2. The predicted molar refractivity (Wildman–Crippen MR) is 108 cm³/mol. The maximum atomic E-state index is 14.0. The van der Waals surface area contributed by atoms with E-state index in [2.05, 4.69) is 33.9 Å². The number of carbonyl (C=O) groups is 1. The largest absolute Gasteiger partial charge is 0.543 e. The molecule has 2 aromatic rings. The third kappa shape index (κ3) is 4.33. The third-order valence-corrected chi connectivity index (χ3v) is 9.33. The van der Waals surface area contributed by atoms with Gasteiger partial charge in [0.25, 0.3) is 5.91 Å². The summed E-state index contributed by atoms with van der Waals surface area (Å²) in [5.41, 5.74) is 0.780. The van der Waals surface area contributed by atoms with Crippen molar-refractivity contribution in [3.05, 3.63) is 59.9 Å². The molecule has 0 saturated carbocycles. The zero-order valence-electron chi connectivity index (χ0n) is 16.5. The highest BCUT2D eigenvalue weighted by Crippen LogP contribution is 2.38. The van der Waals surface area contributed by atoms with Crippen molar-refractivity contribution in [2.75, 3.05) is 11.4 Å². The van der Waals surface area contributed by atoms with E-state index >= 15 is 0 Å². The molecule has 0 aliphatic carbocycles. The molecule has 0 saturated heterocycles. The van der Waals surface area contributed by atoms with Crippen LogP contribution in [0.25, 0.3) is 0 Å². The summed E-state index contributed by atoms with van der Waals surface area (Å²) in [6.07, 6.45) is 0. The van der Waals surface area contributed by atoms with Crippen LogP contribution in [0, 0.1) is 5.82 Å². The Morgan fingerprint density at radius 2 is 1.77 bits per heavy atom. The van der Waals surface area contributed by atoms with Gasteiger partial charge in [0, 0.05) is 18.3 Å². The van der Waals surface area contributed by atoms with Crippen LogP contribution in [-0.2, 0) is 0 Å². The Labute approximate surface area is 156 Å². The van der Waals surface area contributed by atoms with Crippen molar-refractivity contribution in [2.24, 2.45) is 0 Å². The number of amides is 1. The number of carbonyl (C=O) groups excluding carboxylic acids is 1. The number of rotatable bonds is 5. The molecule has 26 heavy (non-hydrogen) atoms. The molecule has 2 aromatic carbocycles. The molecule has 2 rings (SSSR count). The molecule has 5 heteroatoms. The summed E-state index contributed by atoms with van der Waals surface area (Å²) in [7, 11) is -1.98.